The molecule has 1 atom stereocenters. The van der Waals surface area contributed by atoms with E-state index in [4.69, 9.17) is 34.8 Å². The molecule has 1 N–H and O–H groups in total. The third kappa shape index (κ3) is 3.26. The third-order valence-electron chi connectivity index (χ3n) is 3.78. The summed E-state index contributed by atoms with van der Waals surface area (Å²) < 4.78 is 28.1. The van der Waals surface area contributed by atoms with Gasteiger partial charge in [0, 0.05) is 11.2 Å². The minimum atomic E-state index is -3.98. The van der Waals surface area contributed by atoms with Crippen molar-refractivity contribution >= 4 is 50.5 Å². The van der Waals surface area contributed by atoms with Crippen LogP contribution in [0, 0.1) is 0 Å². The lowest BCUT2D eigenvalue weighted by molar-refractivity contribution is 0.591. The lowest BCUT2D eigenvalue weighted by atomic mass is 9.90. The molecule has 0 amide bonds. The van der Waals surface area contributed by atoms with Crippen LogP contribution in [0.1, 0.15) is 30.5 Å². The van der Waals surface area contributed by atoms with E-state index in [1.807, 2.05) is 18.2 Å². The molecule has 4 nitrogen and oxygen atoms in total. The van der Waals surface area contributed by atoms with Gasteiger partial charge in [-0.15, -0.1) is 0 Å². The van der Waals surface area contributed by atoms with Gasteiger partial charge in [-0.2, -0.15) is 0 Å². The number of rotatable bonds is 3. The second kappa shape index (κ2) is 6.56. The fraction of sp³-hybridized carbons (Fsp3) is 0.188. The Hall–Kier alpha value is -1.27. The Morgan fingerprint density at radius 1 is 1.21 bits per heavy atom. The molecule has 24 heavy (non-hydrogen) atoms. The molecule has 1 aromatic carbocycles. The molecule has 0 aliphatic heterocycles. The first-order valence-electron chi connectivity index (χ1n) is 7.12. The highest BCUT2D eigenvalue weighted by Gasteiger charge is 2.27. The normalized spacial score (nSPS) is 17.2. The van der Waals surface area contributed by atoms with E-state index in [0.29, 0.717) is 17.8 Å². The van der Waals surface area contributed by atoms with E-state index >= 15 is 0 Å². The molecular weight excluding hydrogens is 391 g/mol. The zero-order chi connectivity index (χ0) is 17.5. The standard InChI is InChI=1S/C16H13Cl3N2O2S/c1-9-4-5-14(15-11(9)3-2-6-20-15)21-24(22,23)16-12(18)7-10(17)8-13(16)19/h2-3,5-9,21H,4H2,1H3. The number of allylic oxidation sites excluding steroid dienone is 1. The highest BCUT2D eigenvalue weighted by Crippen LogP contribution is 2.35. The molecule has 3 rings (SSSR count). The van der Waals surface area contributed by atoms with Crippen molar-refractivity contribution in [1.29, 1.82) is 0 Å². The Balaban J connectivity index is 2.03. The van der Waals surface area contributed by atoms with Crippen LogP contribution in [0.3, 0.4) is 0 Å². The third-order valence-corrected chi connectivity index (χ3v) is 6.28. The Bertz CT molecular complexity index is 919. The van der Waals surface area contributed by atoms with Crippen LogP contribution in [0.5, 0.6) is 0 Å². The quantitative estimate of drug-likeness (QED) is 0.795. The SMILES string of the molecule is CC1CC=C(NS(=O)(=O)c2c(Cl)cc(Cl)cc2Cl)c2ncccc21. The summed E-state index contributed by atoms with van der Waals surface area (Å²) in [5, 5.41) is 0.193. The maximum atomic E-state index is 12.8. The number of aromatic nitrogens is 1. The highest BCUT2D eigenvalue weighted by molar-refractivity contribution is 7.90. The maximum absolute atomic E-state index is 12.8. The summed E-state index contributed by atoms with van der Waals surface area (Å²) in [4.78, 5) is 4.10. The van der Waals surface area contributed by atoms with E-state index in [0.717, 1.165) is 5.56 Å². The van der Waals surface area contributed by atoms with E-state index in [-0.39, 0.29) is 25.9 Å². The molecule has 1 aliphatic rings. The summed E-state index contributed by atoms with van der Waals surface area (Å²) in [6, 6.07) is 6.45. The number of sulfonamides is 1. The number of benzene rings is 1. The van der Waals surface area contributed by atoms with Crippen LogP contribution in [-0.2, 0) is 10.0 Å². The average Bonchev–Trinajstić information content (AvgIpc) is 2.49. The van der Waals surface area contributed by atoms with Crippen LogP contribution in [-0.4, -0.2) is 13.4 Å². The topological polar surface area (TPSA) is 59.1 Å². The monoisotopic (exact) mass is 402 g/mol. The van der Waals surface area contributed by atoms with Gasteiger partial charge in [0.1, 0.15) is 4.90 Å². The van der Waals surface area contributed by atoms with Crippen LogP contribution in [0.2, 0.25) is 15.1 Å². The molecule has 0 saturated heterocycles. The average molecular weight is 404 g/mol. The number of nitrogens with one attached hydrogen (secondary N) is 1. The number of halogens is 3. The molecule has 1 heterocycles. The Morgan fingerprint density at radius 2 is 1.88 bits per heavy atom. The van der Waals surface area contributed by atoms with E-state index in [1.165, 1.54) is 12.1 Å². The Kier molecular flexibility index (Phi) is 4.80. The molecule has 1 unspecified atom stereocenters. The van der Waals surface area contributed by atoms with Gasteiger partial charge in [0.15, 0.2) is 0 Å². The van der Waals surface area contributed by atoms with Crippen molar-refractivity contribution in [2.75, 3.05) is 0 Å². The maximum Gasteiger partial charge on any atom is 0.264 e. The van der Waals surface area contributed by atoms with Crippen LogP contribution in [0.4, 0.5) is 0 Å². The van der Waals surface area contributed by atoms with Crippen molar-refractivity contribution in [1.82, 2.24) is 9.71 Å². The van der Waals surface area contributed by atoms with Crippen molar-refractivity contribution in [3.8, 4) is 0 Å². The molecule has 0 spiro atoms. The molecule has 8 heteroatoms. The fourth-order valence-electron chi connectivity index (χ4n) is 2.63. The van der Waals surface area contributed by atoms with Crippen molar-refractivity contribution < 1.29 is 8.42 Å². The predicted octanol–water partition coefficient (Wildman–Crippen LogP) is 4.87. The predicted molar refractivity (Wildman–Crippen MR) is 97.0 cm³/mol. The van der Waals surface area contributed by atoms with Gasteiger partial charge in [-0.1, -0.05) is 53.9 Å². The van der Waals surface area contributed by atoms with Crippen LogP contribution in [0.25, 0.3) is 5.70 Å². The molecule has 2 aromatic rings. The second-order valence-electron chi connectivity index (χ2n) is 5.50. The van der Waals surface area contributed by atoms with Gasteiger partial charge >= 0.3 is 0 Å². The molecule has 1 aliphatic carbocycles. The summed E-state index contributed by atoms with van der Waals surface area (Å²) >= 11 is 17.9. The largest absolute Gasteiger partial charge is 0.278 e. The van der Waals surface area contributed by atoms with Gasteiger partial charge in [-0.25, -0.2) is 8.42 Å². The van der Waals surface area contributed by atoms with Crippen molar-refractivity contribution in [2.24, 2.45) is 0 Å². The molecule has 0 saturated carbocycles. The van der Waals surface area contributed by atoms with Crippen LogP contribution in [0.15, 0.2) is 41.4 Å². The van der Waals surface area contributed by atoms with Gasteiger partial charge in [-0.3, -0.25) is 9.71 Å². The van der Waals surface area contributed by atoms with E-state index in [9.17, 15) is 8.42 Å². The number of pyridine rings is 1. The number of hydrogen-bond acceptors (Lipinski definition) is 3. The molecule has 0 radical (unpaired) electrons. The van der Waals surface area contributed by atoms with Gasteiger partial charge in [0.05, 0.1) is 21.4 Å². The first-order chi connectivity index (χ1) is 11.3. The summed E-state index contributed by atoms with van der Waals surface area (Å²) in [6.07, 6.45) is 4.15. The highest BCUT2D eigenvalue weighted by atomic mass is 35.5. The molecule has 0 fully saturated rings. The molecule has 0 bridgehead atoms. The first kappa shape index (κ1) is 17.5. The Morgan fingerprint density at radius 3 is 2.54 bits per heavy atom. The lowest BCUT2D eigenvalue weighted by Gasteiger charge is -2.22. The molecule has 126 valence electrons. The first-order valence-corrected chi connectivity index (χ1v) is 9.74. The summed E-state index contributed by atoms with van der Waals surface area (Å²) in [7, 11) is -3.98. The Labute approximate surface area is 155 Å². The fourth-order valence-corrected chi connectivity index (χ4v) is 5.26. The minimum Gasteiger partial charge on any atom is -0.278 e. The van der Waals surface area contributed by atoms with Gasteiger partial charge in [-0.05, 0) is 36.1 Å². The van der Waals surface area contributed by atoms with Crippen molar-refractivity contribution in [2.45, 2.75) is 24.2 Å². The van der Waals surface area contributed by atoms with E-state index in [1.54, 1.807) is 6.20 Å². The lowest BCUT2D eigenvalue weighted by Crippen LogP contribution is -2.25. The zero-order valence-corrected chi connectivity index (χ0v) is 15.6. The molecular formula is C16H13Cl3N2O2S. The smallest absolute Gasteiger partial charge is 0.264 e. The van der Waals surface area contributed by atoms with Crippen molar-refractivity contribution in [3.05, 3.63) is 62.9 Å². The van der Waals surface area contributed by atoms with Gasteiger partial charge in [0.25, 0.3) is 10.0 Å². The van der Waals surface area contributed by atoms with Crippen LogP contribution >= 0.6 is 34.8 Å². The van der Waals surface area contributed by atoms with Gasteiger partial charge < -0.3 is 0 Å². The summed E-state index contributed by atoms with van der Waals surface area (Å²) in [5.74, 6) is 0.268. The number of hydrogen-bond donors (Lipinski definition) is 1. The minimum absolute atomic E-state index is 0.0361. The van der Waals surface area contributed by atoms with E-state index < -0.39 is 10.0 Å². The zero-order valence-electron chi connectivity index (χ0n) is 12.6. The van der Waals surface area contributed by atoms with Gasteiger partial charge in [0.2, 0.25) is 0 Å². The number of fused-ring (bicyclic) bond motifs is 1. The van der Waals surface area contributed by atoms with E-state index in [2.05, 4.69) is 16.6 Å². The summed E-state index contributed by atoms with van der Waals surface area (Å²) in [5.41, 5.74) is 2.03. The summed E-state index contributed by atoms with van der Waals surface area (Å²) in [6.45, 7) is 2.06. The number of nitrogens with zero attached hydrogens (tertiary/aromatic N) is 1. The van der Waals surface area contributed by atoms with Crippen LogP contribution < -0.4 is 4.72 Å². The second-order valence-corrected chi connectivity index (χ2v) is 8.37. The van der Waals surface area contributed by atoms with Crippen molar-refractivity contribution in [3.63, 3.8) is 0 Å². The molecule has 1 aromatic heterocycles.